The van der Waals surface area contributed by atoms with Crippen LogP contribution in [0, 0.1) is 0 Å². The molecule has 5 nitrogen and oxygen atoms in total. The summed E-state index contributed by atoms with van der Waals surface area (Å²) in [6, 6.07) is 17.0. The zero-order chi connectivity index (χ0) is 16.9. The minimum absolute atomic E-state index is 0.257. The summed E-state index contributed by atoms with van der Waals surface area (Å²) < 4.78 is 10.4. The molecule has 0 amide bonds. The fourth-order valence-electron chi connectivity index (χ4n) is 2.48. The highest BCUT2D eigenvalue weighted by Gasteiger charge is 2.13. The largest absolute Gasteiger partial charge is 0.492 e. The molecule has 0 saturated carbocycles. The van der Waals surface area contributed by atoms with E-state index < -0.39 is 5.97 Å². The number of carbonyl (C=O) groups excluding carboxylic acids is 1. The highest BCUT2D eigenvalue weighted by atomic mass is 16.5. The number of hydrogen-bond acceptors (Lipinski definition) is 5. The third kappa shape index (κ3) is 3.15. The smallest absolute Gasteiger partial charge is 0.356 e. The van der Waals surface area contributed by atoms with Gasteiger partial charge in [0.15, 0.2) is 5.69 Å². The van der Waals surface area contributed by atoms with Crippen LogP contribution in [-0.2, 0) is 4.74 Å². The number of rotatable bonds is 5. The molecule has 122 valence electrons. The molecule has 0 radical (unpaired) electrons. The van der Waals surface area contributed by atoms with Crippen molar-refractivity contribution in [3.63, 3.8) is 0 Å². The number of aromatic nitrogens is 1. The predicted molar refractivity (Wildman–Crippen MR) is 94.0 cm³/mol. The maximum atomic E-state index is 11.9. The van der Waals surface area contributed by atoms with Crippen LogP contribution in [0.2, 0.25) is 0 Å². The molecule has 0 spiro atoms. The second-order valence-corrected chi connectivity index (χ2v) is 5.12. The minimum Gasteiger partial charge on any atom is -0.492 e. The number of methoxy groups -OCH3 is 1. The van der Waals surface area contributed by atoms with Gasteiger partial charge in [0.25, 0.3) is 0 Å². The van der Waals surface area contributed by atoms with E-state index in [9.17, 15) is 4.79 Å². The van der Waals surface area contributed by atoms with E-state index in [0.717, 1.165) is 28.0 Å². The molecule has 24 heavy (non-hydrogen) atoms. The van der Waals surface area contributed by atoms with Crippen molar-refractivity contribution in [2.24, 2.45) is 0 Å². The van der Waals surface area contributed by atoms with Gasteiger partial charge in [-0.15, -0.1) is 0 Å². The van der Waals surface area contributed by atoms with E-state index in [1.807, 2.05) is 55.5 Å². The van der Waals surface area contributed by atoms with Gasteiger partial charge >= 0.3 is 5.97 Å². The Balaban J connectivity index is 2.10. The molecular weight excluding hydrogens is 304 g/mol. The van der Waals surface area contributed by atoms with Crippen molar-refractivity contribution in [3.05, 3.63) is 60.3 Å². The van der Waals surface area contributed by atoms with Crippen LogP contribution < -0.4 is 10.1 Å². The Morgan fingerprint density at radius 1 is 1.08 bits per heavy atom. The van der Waals surface area contributed by atoms with E-state index in [4.69, 9.17) is 9.47 Å². The van der Waals surface area contributed by atoms with Crippen LogP contribution in [0.25, 0.3) is 10.9 Å². The molecule has 0 fully saturated rings. The molecule has 2 aromatic carbocycles. The van der Waals surface area contributed by atoms with Gasteiger partial charge in [0.05, 0.1) is 30.6 Å². The number of nitrogens with one attached hydrogen (secondary N) is 1. The summed E-state index contributed by atoms with van der Waals surface area (Å²) in [5, 5.41) is 4.26. The van der Waals surface area contributed by atoms with Gasteiger partial charge in [-0.05, 0) is 31.2 Å². The number of fused-ring (bicyclic) bond motifs is 1. The number of nitrogens with zero attached hydrogens (tertiary/aromatic N) is 1. The molecule has 0 unspecified atom stereocenters. The predicted octanol–water partition coefficient (Wildman–Crippen LogP) is 4.16. The van der Waals surface area contributed by atoms with Crippen LogP contribution in [0.4, 0.5) is 11.4 Å². The maximum Gasteiger partial charge on any atom is 0.356 e. The number of pyridine rings is 1. The van der Waals surface area contributed by atoms with Crippen molar-refractivity contribution < 1.29 is 14.3 Å². The molecule has 3 rings (SSSR count). The van der Waals surface area contributed by atoms with E-state index in [1.54, 1.807) is 6.07 Å². The lowest BCUT2D eigenvalue weighted by Gasteiger charge is -2.14. The minimum atomic E-state index is -0.470. The van der Waals surface area contributed by atoms with Gasteiger partial charge in [0.2, 0.25) is 0 Å². The first-order valence-electron chi connectivity index (χ1n) is 7.70. The Labute approximate surface area is 140 Å². The van der Waals surface area contributed by atoms with E-state index in [2.05, 4.69) is 10.3 Å². The number of anilines is 2. The van der Waals surface area contributed by atoms with Gasteiger partial charge in [0, 0.05) is 5.39 Å². The first-order valence-corrected chi connectivity index (χ1v) is 7.70. The quantitative estimate of drug-likeness (QED) is 0.715. The zero-order valence-electron chi connectivity index (χ0n) is 13.6. The van der Waals surface area contributed by atoms with E-state index >= 15 is 0 Å². The molecule has 1 heterocycles. The van der Waals surface area contributed by atoms with Crippen LogP contribution in [0.5, 0.6) is 5.75 Å². The van der Waals surface area contributed by atoms with E-state index in [-0.39, 0.29) is 5.69 Å². The number of benzene rings is 2. The summed E-state index contributed by atoms with van der Waals surface area (Å²) in [5.41, 5.74) is 2.57. The Hall–Kier alpha value is -3.08. The zero-order valence-corrected chi connectivity index (χ0v) is 13.6. The van der Waals surface area contributed by atoms with Crippen LogP contribution in [0.15, 0.2) is 54.6 Å². The molecule has 0 bridgehead atoms. The van der Waals surface area contributed by atoms with Crippen molar-refractivity contribution in [2.45, 2.75) is 6.92 Å². The second kappa shape index (κ2) is 7.00. The van der Waals surface area contributed by atoms with E-state index in [1.165, 1.54) is 7.11 Å². The number of esters is 1. The third-order valence-corrected chi connectivity index (χ3v) is 3.57. The highest BCUT2D eigenvalue weighted by molar-refractivity contribution is 5.99. The van der Waals surface area contributed by atoms with Crippen LogP contribution in [0.3, 0.4) is 0 Å². The van der Waals surface area contributed by atoms with Crippen LogP contribution in [0.1, 0.15) is 17.4 Å². The van der Waals surface area contributed by atoms with Crippen molar-refractivity contribution in [2.75, 3.05) is 19.0 Å². The first kappa shape index (κ1) is 15.8. The fourth-order valence-corrected chi connectivity index (χ4v) is 2.48. The van der Waals surface area contributed by atoms with Gasteiger partial charge < -0.3 is 14.8 Å². The lowest BCUT2D eigenvalue weighted by Crippen LogP contribution is -2.06. The van der Waals surface area contributed by atoms with Gasteiger partial charge in [-0.25, -0.2) is 9.78 Å². The first-order chi connectivity index (χ1) is 11.7. The number of para-hydroxylation sites is 3. The van der Waals surface area contributed by atoms with Crippen molar-refractivity contribution >= 4 is 28.2 Å². The topological polar surface area (TPSA) is 60.5 Å². The molecule has 3 aromatic rings. The maximum absolute atomic E-state index is 11.9. The normalized spacial score (nSPS) is 10.4. The number of carbonyl (C=O) groups is 1. The van der Waals surface area contributed by atoms with Gasteiger partial charge in [-0.3, -0.25) is 0 Å². The molecule has 1 N–H and O–H groups in total. The molecule has 0 aliphatic carbocycles. The monoisotopic (exact) mass is 322 g/mol. The summed E-state index contributed by atoms with van der Waals surface area (Å²) in [6.45, 7) is 2.51. The SMILES string of the molecule is CCOc1ccccc1Nc1cc(C(=O)OC)nc2ccccc12. The average molecular weight is 322 g/mol. The van der Waals surface area contributed by atoms with Gasteiger partial charge in [0.1, 0.15) is 5.75 Å². The molecular formula is C19H18N2O3. The molecule has 0 aliphatic heterocycles. The molecule has 0 saturated heterocycles. The Kier molecular flexibility index (Phi) is 4.61. The highest BCUT2D eigenvalue weighted by Crippen LogP contribution is 2.31. The molecule has 0 aliphatic rings. The van der Waals surface area contributed by atoms with E-state index in [0.29, 0.717) is 6.61 Å². The number of hydrogen-bond donors (Lipinski definition) is 1. The Morgan fingerprint density at radius 3 is 2.62 bits per heavy atom. The van der Waals surface area contributed by atoms with Crippen molar-refractivity contribution in [1.29, 1.82) is 0 Å². The Morgan fingerprint density at radius 2 is 1.83 bits per heavy atom. The molecule has 1 aromatic heterocycles. The van der Waals surface area contributed by atoms with Crippen molar-refractivity contribution in [3.8, 4) is 5.75 Å². The fraction of sp³-hybridized carbons (Fsp3) is 0.158. The van der Waals surface area contributed by atoms with Crippen LogP contribution in [-0.4, -0.2) is 24.7 Å². The lowest BCUT2D eigenvalue weighted by atomic mass is 10.1. The summed E-state index contributed by atoms with van der Waals surface area (Å²) in [5.74, 6) is 0.280. The summed E-state index contributed by atoms with van der Waals surface area (Å²) in [6.07, 6.45) is 0. The third-order valence-electron chi connectivity index (χ3n) is 3.57. The summed E-state index contributed by atoms with van der Waals surface area (Å²) >= 11 is 0. The standard InChI is InChI=1S/C19H18N2O3/c1-3-24-18-11-7-6-10-15(18)21-16-12-17(19(22)23-2)20-14-9-5-4-8-13(14)16/h4-12H,3H2,1-2H3,(H,20,21). The molecule has 5 heteroatoms. The lowest BCUT2D eigenvalue weighted by molar-refractivity contribution is 0.0594. The van der Waals surface area contributed by atoms with Gasteiger partial charge in [-0.1, -0.05) is 30.3 Å². The van der Waals surface area contributed by atoms with Gasteiger partial charge in [-0.2, -0.15) is 0 Å². The second-order valence-electron chi connectivity index (χ2n) is 5.12. The Bertz CT molecular complexity index is 877. The van der Waals surface area contributed by atoms with Crippen molar-refractivity contribution in [1.82, 2.24) is 4.98 Å². The molecule has 0 atom stereocenters. The summed E-state index contributed by atoms with van der Waals surface area (Å²) in [7, 11) is 1.34. The summed E-state index contributed by atoms with van der Waals surface area (Å²) in [4.78, 5) is 16.3. The number of ether oxygens (including phenoxy) is 2. The average Bonchev–Trinajstić information content (AvgIpc) is 2.62. The van der Waals surface area contributed by atoms with Crippen LogP contribution >= 0.6 is 0 Å².